The summed E-state index contributed by atoms with van der Waals surface area (Å²) < 4.78 is 38.8. The molecule has 0 aliphatic carbocycles. The molecule has 0 atom stereocenters. The zero-order chi connectivity index (χ0) is 21.1. The van der Waals surface area contributed by atoms with Crippen molar-refractivity contribution in [1.29, 1.82) is 0 Å². The van der Waals surface area contributed by atoms with Crippen molar-refractivity contribution >= 4 is 61.2 Å². The van der Waals surface area contributed by atoms with Gasteiger partial charge >= 0.3 is 6.18 Å². The van der Waals surface area contributed by atoms with Crippen molar-refractivity contribution in [2.24, 2.45) is 10.2 Å². The number of benzene rings is 2. The Morgan fingerprint density at radius 1 is 0.967 bits per heavy atom. The lowest BCUT2D eigenvalue weighted by molar-refractivity contribution is -0.137. The van der Waals surface area contributed by atoms with Gasteiger partial charge in [-0.2, -0.15) is 25.8 Å². The number of hydrogen-bond donors (Lipinski definition) is 2. The summed E-state index contributed by atoms with van der Waals surface area (Å²) in [6, 6.07) is 14.5. The molecule has 1 N–H and O–H groups in total. The van der Waals surface area contributed by atoms with Gasteiger partial charge in [0.2, 0.25) is 0 Å². The van der Waals surface area contributed by atoms with Crippen LogP contribution in [0.1, 0.15) is 5.56 Å². The van der Waals surface area contributed by atoms with Crippen LogP contribution in [-0.2, 0) is 6.18 Å². The number of rotatable bonds is 6. The highest BCUT2D eigenvalue weighted by Gasteiger charge is 2.29. The largest absolute Gasteiger partial charge is 0.416 e. The van der Waals surface area contributed by atoms with Crippen LogP contribution in [0.5, 0.6) is 0 Å². The molecule has 0 bridgehead atoms. The first-order chi connectivity index (χ1) is 14.4. The molecule has 0 aliphatic heterocycles. The van der Waals surface area contributed by atoms with Crippen molar-refractivity contribution in [1.82, 2.24) is 4.98 Å². The van der Waals surface area contributed by atoms with Crippen molar-refractivity contribution in [3.05, 3.63) is 60.2 Å². The van der Waals surface area contributed by atoms with Gasteiger partial charge in [0.1, 0.15) is 14.8 Å². The fraction of sp³-hybridized carbons (Fsp3) is 0.150. The molecule has 0 amide bonds. The fourth-order valence-electron chi connectivity index (χ4n) is 2.65. The lowest BCUT2D eigenvalue weighted by atomic mass is 10.2. The number of azo groups is 1. The van der Waals surface area contributed by atoms with Crippen molar-refractivity contribution in [2.45, 2.75) is 6.18 Å². The molecule has 2 aromatic heterocycles. The van der Waals surface area contributed by atoms with E-state index in [1.165, 1.54) is 23.5 Å². The summed E-state index contributed by atoms with van der Waals surface area (Å²) >= 11 is 7.14. The minimum Gasteiger partial charge on any atom is -0.384 e. The standard InChI is InChI=1S/C20H15F3N4S3/c21-20(22,23)13-3-7-15(8-4-13)26-27-17-11-16-19(30-17)25-18(29-16)12-1-5-14(6-2-12)24-9-10-28/h1-8,11,24,28H,9-10H2. The molecule has 2 heterocycles. The molecule has 0 radical (unpaired) electrons. The summed E-state index contributed by atoms with van der Waals surface area (Å²) in [6.45, 7) is 0.805. The van der Waals surface area contributed by atoms with Gasteiger partial charge in [-0.1, -0.05) is 11.3 Å². The molecule has 0 fully saturated rings. The van der Waals surface area contributed by atoms with Crippen LogP contribution >= 0.6 is 35.3 Å². The van der Waals surface area contributed by atoms with E-state index in [1.54, 1.807) is 11.3 Å². The van der Waals surface area contributed by atoms with Crippen molar-refractivity contribution < 1.29 is 13.2 Å². The Morgan fingerprint density at radius 2 is 1.70 bits per heavy atom. The quantitative estimate of drug-likeness (QED) is 0.226. The van der Waals surface area contributed by atoms with E-state index in [-0.39, 0.29) is 0 Å². The smallest absolute Gasteiger partial charge is 0.384 e. The van der Waals surface area contributed by atoms with Crippen LogP contribution in [0.25, 0.3) is 20.1 Å². The Balaban J connectivity index is 1.47. The third kappa shape index (κ3) is 4.82. The molecule has 0 aliphatic rings. The van der Waals surface area contributed by atoms with Gasteiger partial charge < -0.3 is 5.32 Å². The molecule has 0 spiro atoms. The highest BCUT2D eigenvalue weighted by Crippen LogP contribution is 2.39. The Bertz CT molecular complexity index is 1130. The minimum atomic E-state index is -4.36. The van der Waals surface area contributed by atoms with E-state index in [1.807, 2.05) is 30.3 Å². The first kappa shape index (κ1) is 20.8. The van der Waals surface area contributed by atoms with Gasteiger partial charge in [0.15, 0.2) is 0 Å². The topological polar surface area (TPSA) is 49.6 Å². The van der Waals surface area contributed by atoms with Crippen LogP contribution < -0.4 is 5.32 Å². The van der Waals surface area contributed by atoms with Crippen LogP contribution in [-0.4, -0.2) is 17.3 Å². The average molecular weight is 465 g/mol. The second-order valence-corrected chi connectivity index (χ2v) is 8.73. The number of thiophene rings is 1. The summed E-state index contributed by atoms with van der Waals surface area (Å²) in [5, 5.41) is 13.0. The summed E-state index contributed by atoms with van der Waals surface area (Å²) in [6.07, 6.45) is -4.36. The normalized spacial score (nSPS) is 12.1. The molecular formula is C20H15F3N4S3. The zero-order valence-electron chi connectivity index (χ0n) is 15.3. The highest BCUT2D eigenvalue weighted by atomic mass is 32.1. The molecule has 154 valence electrons. The van der Waals surface area contributed by atoms with Gasteiger partial charge in [-0.05, 0) is 54.6 Å². The van der Waals surface area contributed by atoms with Crippen LogP contribution in [0, 0.1) is 0 Å². The number of nitrogens with one attached hydrogen (secondary N) is 1. The molecule has 0 unspecified atom stereocenters. The number of anilines is 1. The van der Waals surface area contributed by atoms with Crippen molar-refractivity contribution in [2.75, 3.05) is 17.6 Å². The van der Waals surface area contributed by atoms with Gasteiger partial charge in [0.25, 0.3) is 0 Å². The fourth-order valence-corrected chi connectivity index (χ4v) is 4.80. The van der Waals surface area contributed by atoms with Gasteiger partial charge in [-0.15, -0.1) is 21.6 Å². The van der Waals surface area contributed by atoms with Crippen LogP contribution in [0.3, 0.4) is 0 Å². The number of halogens is 3. The summed E-state index contributed by atoms with van der Waals surface area (Å²) in [5.41, 5.74) is 1.73. The van der Waals surface area contributed by atoms with E-state index >= 15 is 0 Å². The van der Waals surface area contributed by atoms with E-state index < -0.39 is 11.7 Å². The van der Waals surface area contributed by atoms with Crippen molar-refractivity contribution in [3.63, 3.8) is 0 Å². The maximum atomic E-state index is 12.6. The molecule has 10 heteroatoms. The first-order valence-electron chi connectivity index (χ1n) is 8.87. The zero-order valence-corrected chi connectivity index (χ0v) is 17.9. The molecular weight excluding hydrogens is 449 g/mol. The minimum absolute atomic E-state index is 0.361. The average Bonchev–Trinajstić information content (AvgIpc) is 3.30. The second-order valence-electron chi connectivity index (χ2n) is 6.25. The number of thiazole rings is 1. The first-order valence-corrected chi connectivity index (χ1v) is 11.1. The highest BCUT2D eigenvalue weighted by molar-refractivity contribution is 7.80. The number of hydrogen-bond acceptors (Lipinski definition) is 7. The third-order valence-corrected chi connectivity index (χ3v) is 6.43. The SMILES string of the molecule is FC(F)(F)c1ccc(N=Nc2cc3sc(-c4ccc(NCCS)cc4)nc3s2)cc1. The van der Waals surface area contributed by atoms with Crippen LogP contribution in [0.2, 0.25) is 0 Å². The van der Waals surface area contributed by atoms with Crippen LogP contribution in [0.4, 0.5) is 29.5 Å². The van der Waals surface area contributed by atoms with E-state index in [9.17, 15) is 13.2 Å². The molecule has 4 rings (SSSR count). The number of fused-ring (bicyclic) bond motifs is 1. The van der Waals surface area contributed by atoms with E-state index in [0.29, 0.717) is 10.7 Å². The molecule has 0 saturated heterocycles. The summed E-state index contributed by atoms with van der Waals surface area (Å²) in [4.78, 5) is 5.52. The van der Waals surface area contributed by atoms with Gasteiger partial charge in [-0.25, -0.2) is 4.98 Å². The van der Waals surface area contributed by atoms with E-state index in [0.717, 1.165) is 50.2 Å². The summed E-state index contributed by atoms with van der Waals surface area (Å²) in [5.74, 6) is 0.767. The maximum Gasteiger partial charge on any atom is 0.416 e. The molecule has 30 heavy (non-hydrogen) atoms. The maximum absolute atomic E-state index is 12.6. The second kappa shape index (κ2) is 8.75. The molecule has 2 aromatic carbocycles. The van der Waals surface area contributed by atoms with Gasteiger partial charge in [0.05, 0.1) is 16.0 Å². The number of nitrogens with zero attached hydrogens (tertiary/aromatic N) is 3. The Kier molecular flexibility index (Phi) is 6.07. The van der Waals surface area contributed by atoms with Crippen LogP contribution in [0.15, 0.2) is 64.8 Å². The van der Waals surface area contributed by atoms with E-state index in [2.05, 4.69) is 33.2 Å². The van der Waals surface area contributed by atoms with Gasteiger partial charge in [0, 0.05) is 23.5 Å². The predicted molar refractivity (Wildman–Crippen MR) is 121 cm³/mol. The molecule has 4 nitrogen and oxygen atoms in total. The predicted octanol–water partition coefficient (Wildman–Crippen LogP) is 7.80. The third-order valence-electron chi connectivity index (χ3n) is 4.11. The monoisotopic (exact) mass is 464 g/mol. The Labute approximate surface area is 183 Å². The molecule has 0 saturated carbocycles. The molecule has 4 aromatic rings. The van der Waals surface area contributed by atoms with E-state index in [4.69, 9.17) is 0 Å². The number of alkyl halides is 3. The summed E-state index contributed by atoms with van der Waals surface area (Å²) in [7, 11) is 0. The lowest BCUT2D eigenvalue weighted by Crippen LogP contribution is -2.03. The number of thiol groups is 1. The van der Waals surface area contributed by atoms with Gasteiger partial charge in [-0.3, -0.25) is 0 Å². The number of aromatic nitrogens is 1. The van der Waals surface area contributed by atoms with Crippen molar-refractivity contribution in [3.8, 4) is 10.6 Å². The Hall–Kier alpha value is -2.43. The lowest BCUT2D eigenvalue weighted by Gasteiger charge is -2.05. The Morgan fingerprint density at radius 3 is 2.33 bits per heavy atom.